The van der Waals surface area contributed by atoms with E-state index in [0.29, 0.717) is 11.3 Å². The lowest BCUT2D eigenvalue weighted by atomic mass is 9.88. The van der Waals surface area contributed by atoms with Crippen LogP contribution >= 0.6 is 0 Å². The summed E-state index contributed by atoms with van der Waals surface area (Å²) in [6.07, 6.45) is 7.54. The lowest BCUT2D eigenvalue weighted by molar-refractivity contribution is -0.120. The zero-order valence-corrected chi connectivity index (χ0v) is 14.1. The average molecular weight is 329 g/mol. The number of hydrogen-bond donors (Lipinski definition) is 3. The SMILES string of the molecule is O=C(N[C@H]1CCCNC1)c1cccc(NC(=O)C2CCCCC2)c1. The first kappa shape index (κ1) is 17.0. The van der Waals surface area contributed by atoms with Gasteiger partial charge in [-0.15, -0.1) is 0 Å². The first-order chi connectivity index (χ1) is 11.7. The van der Waals surface area contributed by atoms with Crippen molar-refractivity contribution in [3.05, 3.63) is 29.8 Å². The van der Waals surface area contributed by atoms with Gasteiger partial charge in [0.1, 0.15) is 0 Å². The van der Waals surface area contributed by atoms with Crippen LogP contribution in [0, 0.1) is 5.92 Å². The number of anilines is 1. The zero-order chi connectivity index (χ0) is 16.8. The number of benzene rings is 1. The van der Waals surface area contributed by atoms with Crippen LogP contribution in [0.1, 0.15) is 55.3 Å². The molecular formula is C19H27N3O2. The molecule has 1 atom stereocenters. The molecule has 0 spiro atoms. The topological polar surface area (TPSA) is 70.2 Å². The van der Waals surface area contributed by atoms with E-state index in [9.17, 15) is 9.59 Å². The van der Waals surface area contributed by atoms with Gasteiger partial charge in [0.15, 0.2) is 0 Å². The number of amides is 2. The Morgan fingerprint density at radius 1 is 1.04 bits per heavy atom. The monoisotopic (exact) mass is 329 g/mol. The molecule has 2 amide bonds. The Bertz CT molecular complexity index is 576. The second-order valence-corrected chi connectivity index (χ2v) is 6.92. The van der Waals surface area contributed by atoms with E-state index in [1.165, 1.54) is 6.42 Å². The van der Waals surface area contributed by atoms with Crippen LogP contribution in [0.15, 0.2) is 24.3 Å². The molecule has 1 saturated heterocycles. The number of rotatable bonds is 4. The summed E-state index contributed by atoms with van der Waals surface area (Å²) >= 11 is 0. The van der Waals surface area contributed by atoms with Crippen molar-refractivity contribution in [2.24, 2.45) is 5.92 Å². The van der Waals surface area contributed by atoms with Crippen LogP contribution < -0.4 is 16.0 Å². The summed E-state index contributed by atoms with van der Waals surface area (Å²) in [7, 11) is 0. The number of nitrogens with one attached hydrogen (secondary N) is 3. The largest absolute Gasteiger partial charge is 0.348 e. The molecule has 5 heteroatoms. The number of piperidine rings is 1. The summed E-state index contributed by atoms with van der Waals surface area (Å²) in [5.74, 6) is 0.130. The maximum absolute atomic E-state index is 12.4. The van der Waals surface area contributed by atoms with Crippen molar-refractivity contribution in [3.8, 4) is 0 Å². The molecule has 1 saturated carbocycles. The quantitative estimate of drug-likeness (QED) is 0.795. The van der Waals surface area contributed by atoms with Crippen molar-refractivity contribution in [1.29, 1.82) is 0 Å². The van der Waals surface area contributed by atoms with Crippen molar-refractivity contribution in [2.75, 3.05) is 18.4 Å². The standard InChI is InChI=1S/C19H27N3O2/c23-18(14-6-2-1-3-7-14)21-16-9-4-8-15(12-16)19(24)22-17-10-5-11-20-13-17/h4,8-9,12,14,17,20H,1-3,5-7,10-11,13H2,(H,21,23)(H,22,24)/t17-/m0/s1. The summed E-state index contributed by atoms with van der Waals surface area (Å²) in [5.41, 5.74) is 1.31. The second kappa shape index (κ2) is 8.29. The molecule has 1 aliphatic heterocycles. The van der Waals surface area contributed by atoms with Crippen LogP contribution in [0.25, 0.3) is 0 Å². The molecule has 24 heavy (non-hydrogen) atoms. The molecule has 0 radical (unpaired) electrons. The summed E-state index contributed by atoms with van der Waals surface area (Å²) in [5, 5.41) is 9.34. The molecule has 1 aromatic carbocycles. The van der Waals surface area contributed by atoms with Crippen molar-refractivity contribution in [1.82, 2.24) is 10.6 Å². The van der Waals surface area contributed by atoms with Crippen LogP contribution in [-0.4, -0.2) is 30.9 Å². The van der Waals surface area contributed by atoms with Crippen molar-refractivity contribution in [2.45, 2.75) is 51.0 Å². The van der Waals surface area contributed by atoms with Gasteiger partial charge in [-0.25, -0.2) is 0 Å². The van der Waals surface area contributed by atoms with Crippen molar-refractivity contribution < 1.29 is 9.59 Å². The highest BCUT2D eigenvalue weighted by Gasteiger charge is 2.21. The Balaban J connectivity index is 1.58. The third-order valence-corrected chi connectivity index (χ3v) is 5.00. The molecule has 3 N–H and O–H groups in total. The molecule has 0 aromatic heterocycles. The molecule has 2 fully saturated rings. The summed E-state index contributed by atoms with van der Waals surface area (Å²) in [6.45, 7) is 1.85. The lowest BCUT2D eigenvalue weighted by Crippen LogP contribution is -2.45. The van der Waals surface area contributed by atoms with Crippen LogP contribution in [0.3, 0.4) is 0 Å². The van der Waals surface area contributed by atoms with Gasteiger partial charge in [0, 0.05) is 29.8 Å². The number of carbonyl (C=O) groups is 2. The molecular weight excluding hydrogens is 302 g/mol. The third kappa shape index (κ3) is 4.57. The van der Waals surface area contributed by atoms with E-state index in [2.05, 4.69) is 16.0 Å². The summed E-state index contributed by atoms with van der Waals surface area (Å²) in [4.78, 5) is 24.7. The first-order valence-corrected chi connectivity index (χ1v) is 9.15. The van der Waals surface area contributed by atoms with Gasteiger partial charge in [0.2, 0.25) is 5.91 Å². The van der Waals surface area contributed by atoms with Gasteiger partial charge in [-0.2, -0.15) is 0 Å². The Labute approximate surface area is 143 Å². The minimum Gasteiger partial charge on any atom is -0.348 e. The predicted molar refractivity (Wildman–Crippen MR) is 95.0 cm³/mol. The van der Waals surface area contributed by atoms with Gasteiger partial charge in [0.25, 0.3) is 5.91 Å². The van der Waals surface area contributed by atoms with Crippen LogP contribution in [-0.2, 0) is 4.79 Å². The molecule has 3 rings (SSSR count). The fraction of sp³-hybridized carbons (Fsp3) is 0.579. The molecule has 0 unspecified atom stereocenters. The molecule has 1 aromatic rings. The van der Waals surface area contributed by atoms with Gasteiger partial charge in [-0.05, 0) is 50.4 Å². The van der Waals surface area contributed by atoms with Gasteiger partial charge in [-0.1, -0.05) is 25.3 Å². The molecule has 1 heterocycles. The maximum atomic E-state index is 12.4. The van der Waals surface area contributed by atoms with E-state index < -0.39 is 0 Å². The van der Waals surface area contributed by atoms with Crippen molar-refractivity contribution >= 4 is 17.5 Å². The molecule has 1 aliphatic carbocycles. The van der Waals surface area contributed by atoms with Crippen LogP contribution in [0.4, 0.5) is 5.69 Å². The Hall–Kier alpha value is -1.88. The zero-order valence-electron chi connectivity index (χ0n) is 14.1. The minimum atomic E-state index is -0.0718. The number of carbonyl (C=O) groups excluding carboxylic acids is 2. The molecule has 5 nitrogen and oxygen atoms in total. The molecule has 2 aliphatic rings. The second-order valence-electron chi connectivity index (χ2n) is 6.92. The van der Waals surface area contributed by atoms with Gasteiger partial charge >= 0.3 is 0 Å². The van der Waals surface area contributed by atoms with Crippen LogP contribution in [0.2, 0.25) is 0 Å². The highest BCUT2D eigenvalue weighted by molar-refractivity contribution is 5.97. The Kier molecular flexibility index (Phi) is 5.86. The van der Waals surface area contributed by atoms with E-state index in [1.807, 2.05) is 12.1 Å². The molecule has 0 bridgehead atoms. The Morgan fingerprint density at radius 2 is 1.88 bits per heavy atom. The fourth-order valence-corrected chi connectivity index (χ4v) is 3.59. The van der Waals surface area contributed by atoms with E-state index in [1.54, 1.807) is 12.1 Å². The highest BCUT2D eigenvalue weighted by Crippen LogP contribution is 2.25. The lowest BCUT2D eigenvalue weighted by Gasteiger charge is -2.24. The first-order valence-electron chi connectivity index (χ1n) is 9.15. The summed E-state index contributed by atoms with van der Waals surface area (Å²) < 4.78 is 0. The minimum absolute atomic E-state index is 0.0718. The van der Waals surface area contributed by atoms with E-state index in [4.69, 9.17) is 0 Å². The summed E-state index contributed by atoms with van der Waals surface area (Å²) in [6, 6.07) is 7.42. The number of hydrogen-bond acceptors (Lipinski definition) is 3. The van der Waals surface area contributed by atoms with Crippen molar-refractivity contribution in [3.63, 3.8) is 0 Å². The normalized spacial score (nSPS) is 21.9. The predicted octanol–water partition coefficient (Wildman–Crippen LogP) is 2.69. The molecule has 130 valence electrons. The Morgan fingerprint density at radius 3 is 2.62 bits per heavy atom. The van der Waals surface area contributed by atoms with Gasteiger partial charge in [-0.3, -0.25) is 9.59 Å². The van der Waals surface area contributed by atoms with E-state index >= 15 is 0 Å². The van der Waals surface area contributed by atoms with Crippen LogP contribution in [0.5, 0.6) is 0 Å². The van der Waals surface area contributed by atoms with E-state index in [0.717, 1.165) is 51.6 Å². The smallest absolute Gasteiger partial charge is 0.251 e. The average Bonchev–Trinajstić information content (AvgIpc) is 2.63. The van der Waals surface area contributed by atoms with Gasteiger partial charge in [0.05, 0.1) is 0 Å². The van der Waals surface area contributed by atoms with E-state index in [-0.39, 0.29) is 23.8 Å². The highest BCUT2D eigenvalue weighted by atomic mass is 16.2. The fourth-order valence-electron chi connectivity index (χ4n) is 3.59. The van der Waals surface area contributed by atoms with Gasteiger partial charge < -0.3 is 16.0 Å². The third-order valence-electron chi connectivity index (χ3n) is 5.00. The maximum Gasteiger partial charge on any atom is 0.251 e.